The van der Waals surface area contributed by atoms with Gasteiger partial charge in [-0.15, -0.1) is 0 Å². The summed E-state index contributed by atoms with van der Waals surface area (Å²) < 4.78 is 53.2. The fourth-order valence-corrected chi connectivity index (χ4v) is 1.97. The summed E-state index contributed by atoms with van der Waals surface area (Å²) >= 11 is 2.65. The molecule has 0 radical (unpaired) electrons. The first-order valence-electron chi connectivity index (χ1n) is 4.83. The second kappa shape index (κ2) is 6.47. The molecule has 0 aromatic heterocycles. The number of benzene rings is 1. The number of thioether (sulfide) groups is 1. The monoisotopic (exact) mass is 361 g/mol. The zero-order chi connectivity index (χ0) is 14.6. The maximum absolute atomic E-state index is 13.0. The van der Waals surface area contributed by atoms with E-state index in [1.54, 1.807) is 0 Å². The van der Waals surface area contributed by atoms with Gasteiger partial charge >= 0.3 is 11.5 Å². The summed E-state index contributed by atoms with van der Waals surface area (Å²) in [5.74, 6) is -2.00. The molecule has 0 bridgehead atoms. The molecule has 1 aromatic carbocycles. The number of alkyl halides is 3. The summed E-state index contributed by atoms with van der Waals surface area (Å²) in [6.07, 6.45) is 0. The molecule has 0 saturated heterocycles. The highest BCUT2D eigenvalue weighted by Gasteiger charge is 2.27. The van der Waals surface area contributed by atoms with Gasteiger partial charge in [0.25, 0.3) is 0 Å². The van der Waals surface area contributed by atoms with Crippen LogP contribution in [0.1, 0.15) is 10.4 Å². The van der Waals surface area contributed by atoms with Gasteiger partial charge in [0.05, 0.1) is 11.3 Å². The summed E-state index contributed by atoms with van der Waals surface area (Å²) in [4.78, 5) is 11.5. The lowest BCUT2D eigenvalue weighted by Crippen LogP contribution is -2.12. The second-order valence-electron chi connectivity index (χ2n) is 3.28. The summed E-state index contributed by atoms with van der Waals surface area (Å²) in [6, 6.07) is 2.04. The Balaban J connectivity index is 2.57. The van der Waals surface area contributed by atoms with Gasteiger partial charge in [-0.1, -0.05) is 0 Å². The molecule has 9 heteroatoms. The van der Waals surface area contributed by atoms with E-state index >= 15 is 0 Å². The maximum atomic E-state index is 13.0. The van der Waals surface area contributed by atoms with Gasteiger partial charge < -0.3 is 10.5 Å². The van der Waals surface area contributed by atoms with E-state index in [-0.39, 0.29) is 27.5 Å². The first-order chi connectivity index (χ1) is 8.70. The van der Waals surface area contributed by atoms with Crippen LogP contribution in [0.4, 0.5) is 23.2 Å². The average molecular weight is 362 g/mol. The van der Waals surface area contributed by atoms with Crippen molar-refractivity contribution in [2.75, 3.05) is 18.1 Å². The highest BCUT2D eigenvalue weighted by Crippen LogP contribution is 2.30. The number of hydrogen-bond acceptors (Lipinski definition) is 4. The molecule has 2 N–H and O–H groups in total. The number of esters is 1. The molecular formula is C10H8BrF4NO2S. The molecular weight excluding hydrogens is 354 g/mol. The maximum Gasteiger partial charge on any atom is 0.441 e. The van der Waals surface area contributed by atoms with Crippen LogP contribution in [-0.2, 0) is 4.74 Å². The van der Waals surface area contributed by atoms with E-state index in [2.05, 4.69) is 20.7 Å². The molecule has 19 heavy (non-hydrogen) atoms. The number of anilines is 1. The van der Waals surface area contributed by atoms with E-state index in [9.17, 15) is 22.4 Å². The summed E-state index contributed by atoms with van der Waals surface area (Å²) in [7, 11) is 0. The van der Waals surface area contributed by atoms with E-state index in [1.807, 2.05) is 0 Å². The van der Waals surface area contributed by atoms with Crippen molar-refractivity contribution >= 4 is 39.3 Å². The number of hydrogen-bond donors (Lipinski definition) is 1. The Bertz CT molecular complexity index is 481. The molecule has 0 amide bonds. The minimum absolute atomic E-state index is 0.0455. The van der Waals surface area contributed by atoms with Gasteiger partial charge in [0.2, 0.25) is 0 Å². The molecule has 0 fully saturated rings. The second-order valence-corrected chi connectivity index (χ2v) is 5.30. The van der Waals surface area contributed by atoms with Crippen LogP contribution in [0.3, 0.4) is 0 Å². The SMILES string of the molecule is Nc1cc(C(=O)OCCSC(F)(F)F)c(Br)cc1F. The Kier molecular flexibility index (Phi) is 5.48. The zero-order valence-electron chi connectivity index (χ0n) is 9.26. The molecule has 0 unspecified atom stereocenters. The van der Waals surface area contributed by atoms with Gasteiger partial charge in [0, 0.05) is 10.2 Å². The third-order valence-electron chi connectivity index (χ3n) is 1.89. The number of nitrogen functional groups attached to an aromatic ring is 1. The average Bonchev–Trinajstić information content (AvgIpc) is 2.28. The largest absolute Gasteiger partial charge is 0.461 e. The fourth-order valence-electron chi connectivity index (χ4n) is 1.09. The van der Waals surface area contributed by atoms with E-state index in [0.29, 0.717) is 0 Å². The lowest BCUT2D eigenvalue weighted by atomic mass is 10.2. The first-order valence-corrected chi connectivity index (χ1v) is 6.61. The highest BCUT2D eigenvalue weighted by atomic mass is 79.9. The van der Waals surface area contributed by atoms with Crippen LogP contribution in [0, 0.1) is 5.82 Å². The van der Waals surface area contributed by atoms with Gasteiger partial charge in [-0.25, -0.2) is 9.18 Å². The zero-order valence-corrected chi connectivity index (χ0v) is 11.7. The van der Waals surface area contributed by atoms with Gasteiger partial charge in [-0.05, 0) is 39.8 Å². The number of ether oxygens (including phenoxy) is 1. The molecule has 0 spiro atoms. The molecule has 1 aromatic rings. The van der Waals surface area contributed by atoms with Crippen LogP contribution in [-0.4, -0.2) is 23.8 Å². The standard InChI is InChI=1S/C10H8BrF4NO2S/c11-6-4-7(12)8(16)3-5(6)9(17)18-1-2-19-10(13,14)15/h3-4H,1-2,16H2. The molecule has 0 aliphatic rings. The normalized spacial score (nSPS) is 11.4. The van der Waals surface area contributed by atoms with Crippen molar-refractivity contribution in [1.82, 2.24) is 0 Å². The smallest absolute Gasteiger partial charge is 0.441 e. The third kappa shape index (κ3) is 5.27. The van der Waals surface area contributed by atoms with Crippen molar-refractivity contribution in [1.29, 1.82) is 0 Å². The Hall–Kier alpha value is -0.960. The number of carbonyl (C=O) groups is 1. The topological polar surface area (TPSA) is 52.3 Å². The number of halogens is 5. The summed E-state index contributed by atoms with van der Waals surface area (Å²) in [5, 5.41) is 0. The lowest BCUT2D eigenvalue weighted by molar-refractivity contribution is -0.0331. The van der Waals surface area contributed by atoms with E-state index in [4.69, 9.17) is 5.73 Å². The molecule has 0 aliphatic carbocycles. The van der Waals surface area contributed by atoms with Crippen LogP contribution in [0.15, 0.2) is 16.6 Å². The quantitative estimate of drug-likeness (QED) is 0.385. The Morgan fingerprint density at radius 1 is 1.42 bits per heavy atom. The molecule has 3 nitrogen and oxygen atoms in total. The molecule has 1 rings (SSSR count). The Morgan fingerprint density at radius 2 is 2.05 bits per heavy atom. The van der Waals surface area contributed by atoms with Crippen molar-refractivity contribution in [3.05, 3.63) is 28.0 Å². The molecule has 0 heterocycles. The van der Waals surface area contributed by atoms with Crippen molar-refractivity contribution in [3.8, 4) is 0 Å². The van der Waals surface area contributed by atoms with Crippen LogP contribution >= 0.6 is 27.7 Å². The lowest BCUT2D eigenvalue weighted by Gasteiger charge is -2.08. The van der Waals surface area contributed by atoms with Crippen molar-refractivity contribution < 1.29 is 27.1 Å². The minimum Gasteiger partial charge on any atom is -0.461 e. The molecule has 0 aliphatic heterocycles. The van der Waals surface area contributed by atoms with Crippen molar-refractivity contribution in [2.45, 2.75) is 5.51 Å². The van der Waals surface area contributed by atoms with Crippen LogP contribution in [0.2, 0.25) is 0 Å². The van der Waals surface area contributed by atoms with Crippen LogP contribution in [0.5, 0.6) is 0 Å². The predicted octanol–water partition coefficient (Wildman–Crippen LogP) is 3.58. The Morgan fingerprint density at radius 3 is 2.63 bits per heavy atom. The Labute approximate surface area is 118 Å². The molecule has 0 saturated carbocycles. The summed E-state index contributed by atoms with van der Waals surface area (Å²) in [6.45, 7) is -0.410. The van der Waals surface area contributed by atoms with Crippen molar-refractivity contribution in [2.24, 2.45) is 0 Å². The van der Waals surface area contributed by atoms with Crippen LogP contribution in [0.25, 0.3) is 0 Å². The predicted molar refractivity (Wildman–Crippen MR) is 67.3 cm³/mol. The van der Waals surface area contributed by atoms with Crippen LogP contribution < -0.4 is 5.73 Å². The van der Waals surface area contributed by atoms with Gasteiger partial charge in [-0.2, -0.15) is 13.2 Å². The van der Waals surface area contributed by atoms with E-state index in [1.165, 1.54) is 0 Å². The molecule has 106 valence electrons. The number of nitrogens with two attached hydrogens (primary N) is 1. The van der Waals surface area contributed by atoms with Gasteiger partial charge in [0.1, 0.15) is 12.4 Å². The summed E-state index contributed by atoms with van der Waals surface area (Å²) in [5.41, 5.74) is 0.619. The van der Waals surface area contributed by atoms with Crippen molar-refractivity contribution in [3.63, 3.8) is 0 Å². The van der Waals surface area contributed by atoms with E-state index in [0.717, 1.165) is 12.1 Å². The van der Waals surface area contributed by atoms with Gasteiger partial charge in [-0.3, -0.25) is 0 Å². The van der Waals surface area contributed by atoms with Gasteiger partial charge in [0.15, 0.2) is 0 Å². The molecule has 0 atom stereocenters. The number of carbonyl (C=O) groups excluding carboxylic acids is 1. The van der Waals surface area contributed by atoms with E-state index < -0.39 is 29.7 Å². The number of rotatable bonds is 4. The fraction of sp³-hybridized carbons (Fsp3) is 0.300. The minimum atomic E-state index is -4.37. The third-order valence-corrected chi connectivity index (χ3v) is 3.24. The first kappa shape index (κ1) is 16.1. The highest BCUT2D eigenvalue weighted by molar-refractivity contribution is 9.10.